The zero-order valence-corrected chi connectivity index (χ0v) is 17.8. The average molecular weight is 415 g/mol. The van der Waals surface area contributed by atoms with Gasteiger partial charge in [0.1, 0.15) is 0 Å². The Morgan fingerprint density at radius 3 is 2.24 bits per heavy atom. The Morgan fingerprint density at radius 2 is 1.66 bits per heavy atom. The molecule has 5 N–H and O–H groups in total. The number of aryl methyl sites for hydroxylation is 2. The minimum atomic E-state index is -3.17. The molecule has 29 heavy (non-hydrogen) atoms. The van der Waals surface area contributed by atoms with Gasteiger partial charge in [0, 0.05) is 17.1 Å². The van der Waals surface area contributed by atoms with Gasteiger partial charge in [-0.2, -0.15) is 0 Å². The molecular formula is C22H30N4O2S. The maximum atomic E-state index is 12.9. The van der Waals surface area contributed by atoms with Crippen molar-refractivity contribution in [1.82, 2.24) is 10.6 Å². The molecule has 6 nitrogen and oxygen atoms in total. The highest BCUT2D eigenvalue weighted by Gasteiger charge is 2.25. The lowest BCUT2D eigenvalue weighted by atomic mass is 9.99. The van der Waals surface area contributed by atoms with Crippen molar-refractivity contribution in [3.05, 3.63) is 58.1 Å². The molecule has 2 aromatic carbocycles. The topological polar surface area (TPSA) is 96.2 Å². The number of hydrogen-bond donors (Lipinski definition) is 5. The number of amides is 2. The number of hydrogen-bond acceptors (Lipinski definition) is 3. The zero-order valence-electron chi connectivity index (χ0n) is 16.9. The van der Waals surface area contributed by atoms with E-state index >= 15 is 0 Å². The molecule has 156 valence electrons. The predicted molar refractivity (Wildman–Crippen MR) is 119 cm³/mol. The van der Waals surface area contributed by atoms with E-state index in [4.69, 9.17) is 5.14 Å². The highest BCUT2D eigenvalue weighted by Crippen LogP contribution is 2.38. The van der Waals surface area contributed by atoms with E-state index in [9.17, 15) is 9.00 Å². The first-order valence-corrected chi connectivity index (χ1v) is 12.3. The SMILES string of the molecule is CNCc1ccc([SH](N)(=O)CNC(=O)Nc2c3c(cc4c2CCC4)CCC3)cc1. The van der Waals surface area contributed by atoms with Gasteiger partial charge in [0.2, 0.25) is 0 Å². The normalized spacial score (nSPS) is 15.7. The number of carbonyl (C=O) groups is 1. The smallest absolute Gasteiger partial charge is 0.319 e. The van der Waals surface area contributed by atoms with Gasteiger partial charge in [-0.1, -0.05) is 18.2 Å². The second-order valence-electron chi connectivity index (χ2n) is 8.02. The second kappa shape index (κ2) is 8.26. The van der Waals surface area contributed by atoms with Crippen LogP contribution in [0, 0.1) is 0 Å². The van der Waals surface area contributed by atoms with Crippen LogP contribution < -0.4 is 21.1 Å². The fourth-order valence-corrected chi connectivity index (χ4v) is 5.69. The molecule has 0 saturated carbocycles. The van der Waals surface area contributed by atoms with Gasteiger partial charge in [0.15, 0.2) is 0 Å². The first-order valence-electron chi connectivity index (χ1n) is 10.3. The lowest BCUT2D eigenvalue weighted by Gasteiger charge is -2.21. The Balaban J connectivity index is 1.44. The fraction of sp³-hybridized carbons (Fsp3) is 0.409. The Kier molecular flexibility index (Phi) is 5.72. The molecule has 0 atom stereocenters. The van der Waals surface area contributed by atoms with Crippen molar-refractivity contribution < 1.29 is 9.00 Å². The maximum Gasteiger partial charge on any atom is 0.319 e. The van der Waals surface area contributed by atoms with Crippen molar-refractivity contribution >= 4 is 21.8 Å². The number of benzene rings is 2. The summed E-state index contributed by atoms with van der Waals surface area (Å²) in [5.74, 6) is -0.0680. The van der Waals surface area contributed by atoms with Crippen molar-refractivity contribution in [3.63, 3.8) is 0 Å². The molecule has 0 aromatic heterocycles. The zero-order chi connectivity index (χ0) is 20.4. The van der Waals surface area contributed by atoms with Crippen LogP contribution in [-0.2, 0) is 42.3 Å². The Labute approximate surface area is 173 Å². The largest absolute Gasteiger partial charge is 0.327 e. The van der Waals surface area contributed by atoms with Gasteiger partial charge in [-0.25, -0.2) is 4.79 Å². The summed E-state index contributed by atoms with van der Waals surface area (Å²) >= 11 is 0. The molecule has 0 radical (unpaired) electrons. The van der Waals surface area contributed by atoms with E-state index in [1.54, 1.807) is 12.1 Å². The summed E-state index contributed by atoms with van der Waals surface area (Å²) in [6, 6.07) is 9.37. The number of nitrogens with one attached hydrogen (secondary N) is 3. The number of nitrogens with two attached hydrogens (primary N) is 1. The monoisotopic (exact) mass is 414 g/mol. The molecule has 0 fully saturated rings. The molecular weight excluding hydrogens is 384 g/mol. The predicted octanol–water partition coefficient (Wildman–Crippen LogP) is 2.41. The molecule has 0 bridgehead atoms. The summed E-state index contributed by atoms with van der Waals surface area (Å²) in [4.78, 5) is 13.2. The maximum absolute atomic E-state index is 12.9. The van der Waals surface area contributed by atoms with Gasteiger partial charge in [-0.05, 0) is 95.6 Å². The number of carbonyl (C=O) groups excluding carboxylic acids is 1. The van der Waals surface area contributed by atoms with E-state index in [2.05, 4.69) is 22.0 Å². The van der Waals surface area contributed by atoms with Gasteiger partial charge in [-0.15, -0.1) is 0 Å². The molecule has 0 heterocycles. The van der Waals surface area contributed by atoms with E-state index in [0.717, 1.165) is 56.3 Å². The highest BCUT2D eigenvalue weighted by molar-refractivity contribution is 8.00. The Bertz CT molecular complexity index is 940. The van der Waals surface area contributed by atoms with Crippen LogP contribution in [0.5, 0.6) is 0 Å². The molecule has 2 aliphatic rings. The van der Waals surface area contributed by atoms with Crippen molar-refractivity contribution in [2.45, 2.75) is 50.0 Å². The molecule has 4 rings (SSSR count). The van der Waals surface area contributed by atoms with Crippen LogP contribution in [0.1, 0.15) is 40.7 Å². The minimum absolute atomic E-state index is 0.0680. The number of thiol groups is 1. The van der Waals surface area contributed by atoms with Gasteiger partial charge in [0.25, 0.3) is 0 Å². The molecule has 2 aromatic rings. The standard InChI is InChI=1S/C22H30N4O2S/c1-24-13-15-8-10-18(11-9-15)29(23,28)14-25-22(27)26-21-19-6-2-4-16(19)12-17-5-3-7-20(17)21/h8-12,24,29H,2-7,13-14H2,1H3,(H2,23,28)(H2,25,26,27). The van der Waals surface area contributed by atoms with Crippen LogP contribution in [0.15, 0.2) is 35.2 Å². The van der Waals surface area contributed by atoms with Crippen molar-refractivity contribution in [2.24, 2.45) is 5.14 Å². The number of fused-ring (bicyclic) bond motifs is 2. The number of urea groups is 1. The summed E-state index contributed by atoms with van der Waals surface area (Å²) in [7, 11) is -1.29. The third kappa shape index (κ3) is 4.22. The summed E-state index contributed by atoms with van der Waals surface area (Å²) in [6.07, 6.45) is 6.45. The van der Waals surface area contributed by atoms with Crippen LogP contribution >= 0.6 is 0 Å². The van der Waals surface area contributed by atoms with Crippen LogP contribution in [0.25, 0.3) is 0 Å². The van der Waals surface area contributed by atoms with Crippen LogP contribution in [0.4, 0.5) is 10.5 Å². The first kappa shape index (κ1) is 20.1. The summed E-state index contributed by atoms with van der Waals surface area (Å²) in [6.45, 7) is 0.738. The average Bonchev–Trinajstić information content (AvgIpc) is 3.36. The van der Waals surface area contributed by atoms with Crippen molar-refractivity contribution in [3.8, 4) is 0 Å². The first-order chi connectivity index (χ1) is 14.0. The van der Waals surface area contributed by atoms with Crippen LogP contribution in [0.3, 0.4) is 0 Å². The number of anilines is 1. The molecule has 2 aliphatic carbocycles. The van der Waals surface area contributed by atoms with E-state index in [1.807, 2.05) is 19.2 Å². The van der Waals surface area contributed by atoms with Crippen LogP contribution in [0.2, 0.25) is 0 Å². The van der Waals surface area contributed by atoms with Gasteiger partial charge >= 0.3 is 6.03 Å². The van der Waals surface area contributed by atoms with Gasteiger partial charge in [-0.3, -0.25) is 9.35 Å². The van der Waals surface area contributed by atoms with E-state index in [0.29, 0.717) is 4.90 Å². The third-order valence-corrected chi connectivity index (χ3v) is 7.74. The second-order valence-corrected chi connectivity index (χ2v) is 10.4. The molecule has 0 saturated heterocycles. The number of rotatable bonds is 6. The molecule has 0 spiro atoms. The molecule has 2 amide bonds. The minimum Gasteiger partial charge on any atom is -0.327 e. The third-order valence-electron chi connectivity index (χ3n) is 5.94. The molecule has 0 unspecified atom stereocenters. The summed E-state index contributed by atoms with van der Waals surface area (Å²) in [5.41, 5.74) is 7.36. The molecule has 0 aliphatic heterocycles. The van der Waals surface area contributed by atoms with E-state index < -0.39 is 10.1 Å². The van der Waals surface area contributed by atoms with Crippen LogP contribution in [-0.4, -0.2) is 23.2 Å². The fourth-order valence-electron chi connectivity index (χ4n) is 4.48. The summed E-state index contributed by atoms with van der Waals surface area (Å²) in [5, 5.41) is 15.0. The molecule has 7 heteroatoms. The highest BCUT2D eigenvalue weighted by atomic mass is 32.3. The van der Waals surface area contributed by atoms with E-state index in [-0.39, 0.29) is 11.9 Å². The Morgan fingerprint density at radius 1 is 1.03 bits per heavy atom. The van der Waals surface area contributed by atoms with E-state index in [1.165, 1.54) is 22.3 Å². The summed E-state index contributed by atoms with van der Waals surface area (Å²) < 4.78 is 12.9. The quantitative estimate of drug-likeness (QED) is 0.470. The van der Waals surface area contributed by atoms with Crippen molar-refractivity contribution in [1.29, 1.82) is 0 Å². The lowest BCUT2D eigenvalue weighted by Crippen LogP contribution is -2.40. The van der Waals surface area contributed by atoms with Crippen molar-refractivity contribution in [2.75, 3.05) is 18.2 Å². The Hall–Kier alpha value is -2.22. The van der Waals surface area contributed by atoms with Gasteiger partial charge in [0.05, 0.1) is 5.88 Å². The van der Waals surface area contributed by atoms with Gasteiger partial charge < -0.3 is 16.0 Å². The lowest BCUT2D eigenvalue weighted by molar-refractivity contribution is 0.253.